The number of nitrogens with zero attached hydrogens (tertiary/aromatic N) is 3. The highest BCUT2D eigenvalue weighted by Crippen LogP contribution is 2.17. The van der Waals surface area contributed by atoms with E-state index in [4.69, 9.17) is 11.0 Å². The third kappa shape index (κ3) is 4.23. The van der Waals surface area contributed by atoms with Crippen LogP contribution >= 0.6 is 0 Å². The van der Waals surface area contributed by atoms with E-state index >= 15 is 0 Å². The quantitative estimate of drug-likeness (QED) is 0.739. The number of aromatic nitrogens is 3. The van der Waals surface area contributed by atoms with Crippen molar-refractivity contribution >= 4 is 11.5 Å². The minimum absolute atomic E-state index is 0.171. The van der Waals surface area contributed by atoms with Gasteiger partial charge in [0.05, 0.1) is 6.33 Å². The first-order valence-corrected chi connectivity index (χ1v) is 6.34. The summed E-state index contributed by atoms with van der Waals surface area (Å²) in [5.74, 6) is 3.90. The molecule has 0 fully saturated rings. The van der Waals surface area contributed by atoms with Gasteiger partial charge >= 0.3 is 5.97 Å². The number of carbonyl (C=O) groups is 1. The summed E-state index contributed by atoms with van der Waals surface area (Å²) in [6.07, 6.45) is 9.51. The monoisotopic (exact) mass is 288 g/mol. The van der Waals surface area contributed by atoms with Crippen molar-refractivity contribution in [3.63, 3.8) is 0 Å². The first-order valence-electron chi connectivity index (χ1n) is 6.34. The van der Waals surface area contributed by atoms with Gasteiger partial charge in [-0.05, 0) is 17.2 Å². The van der Waals surface area contributed by atoms with Gasteiger partial charge in [-0.3, -0.25) is 9.82 Å². The molecule has 1 atom stereocenters. The van der Waals surface area contributed by atoms with Crippen LogP contribution in [0.5, 0.6) is 0 Å². The van der Waals surface area contributed by atoms with E-state index in [0.717, 1.165) is 11.1 Å². The normalized spacial score (nSPS) is 13.1. The summed E-state index contributed by atoms with van der Waals surface area (Å²) >= 11 is 0. The number of hydrogen-bond donors (Lipinski definition) is 2. The Morgan fingerprint density at radius 1 is 1.48 bits per heavy atom. The number of rotatable bonds is 7. The van der Waals surface area contributed by atoms with Gasteiger partial charge in [-0.25, -0.2) is 15.7 Å². The minimum Gasteiger partial charge on any atom is -0.479 e. The van der Waals surface area contributed by atoms with E-state index in [9.17, 15) is 4.79 Å². The number of allylic oxidation sites excluding steroid dienone is 1. The van der Waals surface area contributed by atoms with Crippen molar-refractivity contribution in [2.24, 2.45) is 5.90 Å². The molecule has 0 saturated heterocycles. The van der Waals surface area contributed by atoms with Crippen LogP contribution in [0.1, 0.15) is 12.0 Å². The second-order valence-electron chi connectivity index (χ2n) is 4.40. The van der Waals surface area contributed by atoms with E-state index in [1.165, 1.54) is 0 Å². The van der Waals surface area contributed by atoms with E-state index in [0.29, 0.717) is 6.54 Å². The lowest BCUT2D eigenvalue weighted by molar-refractivity contribution is -0.150. The number of carboxylic acids is 1. The van der Waals surface area contributed by atoms with Gasteiger partial charge in [0.25, 0.3) is 0 Å². The van der Waals surface area contributed by atoms with Crippen LogP contribution in [0.15, 0.2) is 49.3 Å². The molecule has 0 spiro atoms. The van der Waals surface area contributed by atoms with Gasteiger partial charge in [0.15, 0.2) is 6.10 Å². The van der Waals surface area contributed by atoms with Crippen LogP contribution in [0.2, 0.25) is 0 Å². The predicted octanol–water partition coefficient (Wildman–Crippen LogP) is 1.10. The van der Waals surface area contributed by atoms with E-state index in [1.54, 1.807) is 31.0 Å². The Morgan fingerprint density at radius 2 is 2.33 bits per heavy atom. The van der Waals surface area contributed by atoms with Crippen molar-refractivity contribution in [2.75, 3.05) is 0 Å². The van der Waals surface area contributed by atoms with Gasteiger partial charge in [-0.2, -0.15) is 0 Å². The van der Waals surface area contributed by atoms with Crippen molar-refractivity contribution in [1.29, 1.82) is 0 Å². The smallest absolute Gasteiger partial charge is 0.335 e. The topological polar surface area (TPSA) is 103 Å². The highest BCUT2D eigenvalue weighted by Gasteiger charge is 2.16. The lowest BCUT2D eigenvalue weighted by atomic mass is 10.1. The molecular weight excluding hydrogens is 272 g/mol. The van der Waals surface area contributed by atoms with E-state index in [1.807, 2.05) is 22.9 Å². The van der Waals surface area contributed by atoms with Gasteiger partial charge in [0.1, 0.15) is 0 Å². The lowest BCUT2D eigenvalue weighted by Gasteiger charge is -2.11. The predicted molar refractivity (Wildman–Crippen MR) is 75.8 cm³/mol. The fourth-order valence-electron chi connectivity index (χ4n) is 1.87. The summed E-state index contributed by atoms with van der Waals surface area (Å²) in [6.45, 7) is 0.558. The van der Waals surface area contributed by atoms with Crippen LogP contribution in [0, 0.1) is 0 Å². The number of imidazole rings is 1. The molecule has 3 N–H and O–H groups in total. The maximum absolute atomic E-state index is 10.9. The summed E-state index contributed by atoms with van der Waals surface area (Å²) in [5, 5.41) is 8.95. The number of aliphatic carboxylic acids is 1. The van der Waals surface area contributed by atoms with Crippen LogP contribution in [-0.4, -0.2) is 31.7 Å². The maximum atomic E-state index is 10.9. The number of pyridine rings is 1. The fourth-order valence-corrected chi connectivity index (χ4v) is 1.87. The second kappa shape index (κ2) is 7.32. The first-order chi connectivity index (χ1) is 10.2. The number of carboxylic acid groups (broad SMARTS) is 1. The molecule has 1 unspecified atom stereocenters. The third-order valence-corrected chi connectivity index (χ3v) is 2.96. The Balaban J connectivity index is 2.21. The fraction of sp³-hybridized carbons (Fsp3) is 0.214. The van der Waals surface area contributed by atoms with Gasteiger partial charge in [0, 0.05) is 37.8 Å². The molecule has 2 rings (SSSR count). The van der Waals surface area contributed by atoms with Gasteiger partial charge in [0.2, 0.25) is 0 Å². The van der Waals surface area contributed by atoms with E-state index in [-0.39, 0.29) is 6.42 Å². The Hall–Kier alpha value is -2.51. The molecule has 0 aliphatic carbocycles. The van der Waals surface area contributed by atoms with Crippen LogP contribution in [0.3, 0.4) is 0 Å². The second-order valence-corrected chi connectivity index (χ2v) is 4.40. The van der Waals surface area contributed by atoms with Crippen LogP contribution in [0.25, 0.3) is 5.57 Å². The maximum Gasteiger partial charge on any atom is 0.335 e. The molecule has 2 aromatic heterocycles. The lowest BCUT2D eigenvalue weighted by Crippen LogP contribution is -2.26. The molecule has 0 amide bonds. The summed E-state index contributed by atoms with van der Waals surface area (Å²) in [6, 6.07) is 3.74. The first kappa shape index (κ1) is 14.9. The average molecular weight is 288 g/mol. The highest BCUT2D eigenvalue weighted by atomic mass is 16.6. The molecule has 0 radical (unpaired) electrons. The van der Waals surface area contributed by atoms with Crippen LogP contribution < -0.4 is 5.90 Å². The summed E-state index contributed by atoms with van der Waals surface area (Å²) < 4.78 is 1.89. The molecule has 0 saturated carbocycles. The van der Waals surface area contributed by atoms with Gasteiger partial charge < -0.3 is 9.67 Å². The summed E-state index contributed by atoms with van der Waals surface area (Å²) in [5.41, 5.74) is 1.83. The van der Waals surface area contributed by atoms with E-state index in [2.05, 4.69) is 14.8 Å². The van der Waals surface area contributed by atoms with Crippen molar-refractivity contribution in [3.05, 3.63) is 54.9 Å². The molecular formula is C14H16N4O3. The molecule has 7 heteroatoms. The largest absolute Gasteiger partial charge is 0.479 e. The Labute approximate surface area is 121 Å². The molecule has 0 aliphatic heterocycles. The van der Waals surface area contributed by atoms with Crippen molar-refractivity contribution < 1.29 is 14.7 Å². The Bertz CT molecular complexity index is 596. The Morgan fingerprint density at radius 3 is 2.90 bits per heavy atom. The highest BCUT2D eigenvalue weighted by molar-refractivity contribution is 5.73. The van der Waals surface area contributed by atoms with E-state index < -0.39 is 12.1 Å². The zero-order valence-electron chi connectivity index (χ0n) is 11.3. The summed E-state index contributed by atoms with van der Waals surface area (Å²) in [7, 11) is 0. The molecule has 110 valence electrons. The molecule has 0 aliphatic rings. The molecule has 0 aromatic carbocycles. The van der Waals surface area contributed by atoms with Gasteiger partial charge in [-0.15, -0.1) is 0 Å². The summed E-state index contributed by atoms with van der Waals surface area (Å²) in [4.78, 5) is 23.5. The van der Waals surface area contributed by atoms with Crippen molar-refractivity contribution in [2.45, 2.75) is 19.1 Å². The molecule has 21 heavy (non-hydrogen) atoms. The molecule has 0 bridgehead atoms. The molecule has 7 nitrogen and oxygen atoms in total. The average Bonchev–Trinajstić information content (AvgIpc) is 3.00. The third-order valence-electron chi connectivity index (χ3n) is 2.96. The zero-order chi connectivity index (χ0) is 15.1. The SMILES string of the molecule is NOC(CC=C(Cn1ccnc1)c1cccnc1)C(=O)O. The van der Waals surface area contributed by atoms with Crippen LogP contribution in [-0.2, 0) is 16.2 Å². The molecule has 2 aromatic rings. The van der Waals surface area contributed by atoms with Gasteiger partial charge in [-0.1, -0.05) is 12.1 Å². The minimum atomic E-state index is -1.10. The zero-order valence-corrected chi connectivity index (χ0v) is 11.3. The standard InChI is InChI=1S/C14H16N4O3/c15-21-13(14(19)20)4-3-12(9-18-7-6-17-10-18)11-2-1-5-16-8-11/h1-3,5-8,10,13H,4,9,15H2,(H,19,20). The van der Waals surface area contributed by atoms with Crippen LogP contribution in [0.4, 0.5) is 0 Å². The van der Waals surface area contributed by atoms with Crippen molar-refractivity contribution in [1.82, 2.24) is 14.5 Å². The number of hydrogen-bond acceptors (Lipinski definition) is 5. The van der Waals surface area contributed by atoms with Crippen molar-refractivity contribution in [3.8, 4) is 0 Å². The number of nitrogens with two attached hydrogens (primary N) is 1. The Kier molecular flexibility index (Phi) is 5.19. The molecule has 2 heterocycles.